The van der Waals surface area contributed by atoms with E-state index in [4.69, 9.17) is 4.74 Å². The SMILES string of the molecule is O=C1C=C2C[C@](O)(CCc3ccccc3)C(=O)C=C2O1. The van der Waals surface area contributed by atoms with E-state index in [9.17, 15) is 14.7 Å². The molecule has 1 N–H and O–H groups in total. The Bertz CT molecular complexity index is 627. The van der Waals surface area contributed by atoms with Crippen LogP contribution in [0.4, 0.5) is 0 Å². The van der Waals surface area contributed by atoms with Gasteiger partial charge in [0.25, 0.3) is 0 Å². The number of fused-ring (bicyclic) bond motifs is 1. The number of benzene rings is 1. The number of carbonyl (C=O) groups is 2. The first-order valence-corrected chi connectivity index (χ1v) is 6.52. The molecule has 4 nitrogen and oxygen atoms in total. The number of aliphatic hydroxyl groups is 1. The zero-order chi connectivity index (χ0) is 14.2. The van der Waals surface area contributed by atoms with Gasteiger partial charge in [0.2, 0.25) is 0 Å². The van der Waals surface area contributed by atoms with Crippen molar-refractivity contribution in [1.82, 2.24) is 0 Å². The second kappa shape index (κ2) is 4.72. The number of esters is 1. The molecule has 0 radical (unpaired) electrons. The summed E-state index contributed by atoms with van der Waals surface area (Å²) in [6, 6.07) is 9.68. The summed E-state index contributed by atoms with van der Waals surface area (Å²) in [5.41, 5.74) is 0.223. The first kappa shape index (κ1) is 12.8. The van der Waals surface area contributed by atoms with E-state index in [0.717, 1.165) is 5.56 Å². The van der Waals surface area contributed by atoms with Gasteiger partial charge in [0.15, 0.2) is 5.78 Å². The summed E-state index contributed by atoms with van der Waals surface area (Å²) in [4.78, 5) is 23.2. The van der Waals surface area contributed by atoms with Gasteiger partial charge in [-0.2, -0.15) is 0 Å². The maximum absolute atomic E-state index is 12.0. The first-order valence-electron chi connectivity index (χ1n) is 6.52. The van der Waals surface area contributed by atoms with Gasteiger partial charge in [0, 0.05) is 24.1 Å². The highest BCUT2D eigenvalue weighted by atomic mass is 16.5. The zero-order valence-electron chi connectivity index (χ0n) is 10.8. The molecule has 1 aliphatic heterocycles. The van der Waals surface area contributed by atoms with Crippen LogP contribution in [-0.2, 0) is 20.7 Å². The minimum Gasteiger partial charge on any atom is -0.423 e. The van der Waals surface area contributed by atoms with Gasteiger partial charge in [0.05, 0.1) is 0 Å². The van der Waals surface area contributed by atoms with Crippen molar-refractivity contribution in [3.63, 3.8) is 0 Å². The molecular formula is C16H14O4. The summed E-state index contributed by atoms with van der Waals surface area (Å²) in [5.74, 6) is -0.592. The van der Waals surface area contributed by atoms with Crippen LogP contribution in [0.25, 0.3) is 0 Å². The number of hydrogen-bond donors (Lipinski definition) is 1. The third-order valence-corrected chi connectivity index (χ3v) is 3.69. The lowest BCUT2D eigenvalue weighted by molar-refractivity contribution is -0.134. The number of carbonyl (C=O) groups excluding carboxylic acids is 2. The third kappa shape index (κ3) is 2.30. The number of aryl methyl sites for hydroxylation is 1. The normalized spacial score (nSPS) is 24.9. The Morgan fingerprint density at radius 1 is 1.15 bits per heavy atom. The number of ether oxygens (including phenoxy) is 1. The molecular weight excluding hydrogens is 256 g/mol. The molecule has 1 aromatic rings. The maximum atomic E-state index is 12.0. The predicted octanol–water partition coefficient (Wildman–Crippen LogP) is 1.69. The van der Waals surface area contributed by atoms with Crippen molar-refractivity contribution in [2.75, 3.05) is 0 Å². The molecule has 1 heterocycles. The summed E-state index contributed by atoms with van der Waals surface area (Å²) < 4.78 is 4.89. The van der Waals surface area contributed by atoms with Crippen molar-refractivity contribution in [3.05, 3.63) is 59.4 Å². The number of allylic oxidation sites excluding steroid dienone is 1. The highest BCUT2D eigenvalue weighted by molar-refractivity contribution is 6.02. The molecule has 4 heteroatoms. The van der Waals surface area contributed by atoms with E-state index < -0.39 is 17.4 Å². The van der Waals surface area contributed by atoms with Gasteiger partial charge in [-0.1, -0.05) is 30.3 Å². The average molecular weight is 270 g/mol. The molecule has 3 rings (SSSR count). The molecule has 1 aliphatic carbocycles. The van der Waals surface area contributed by atoms with E-state index in [1.54, 1.807) is 0 Å². The molecule has 0 saturated heterocycles. The van der Waals surface area contributed by atoms with Crippen LogP contribution in [-0.4, -0.2) is 22.5 Å². The van der Waals surface area contributed by atoms with Crippen molar-refractivity contribution in [2.45, 2.75) is 24.9 Å². The molecule has 0 amide bonds. The lowest BCUT2D eigenvalue weighted by atomic mass is 9.80. The standard InChI is InChI=1S/C16H14O4/c17-14-9-13-12(8-15(18)20-13)10-16(14,19)7-6-11-4-2-1-3-5-11/h1-5,8-9,19H,6-7,10H2/t16-/m1/s1. The van der Waals surface area contributed by atoms with E-state index in [0.29, 0.717) is 18.4 Å². The molecule has 0 spiro atoms. The van der Waals surface area contributed by atoms with Gasteiger partial charge in [-0.15, -0.1) is 0 Å². The average Bonchev–Trinajstić information content (AvgIpc) is 2.77. The molecule has 0 unspecified atom stereocenters. The fourth-order valence-electron chi connectivity index (χ4n) is 2.54. The Hall–Kier alpha value is -2.20. The monoisotopic (exact) mass is 270 g/mol. The Kier molecular flexibility index (Phi) is 3.03. The predicted molar refractivity (Wildman–Crippen MR) is 71.6 cm³/mol. The Balaban J connectivity index is 1.77. The van der Waals surface area contributed by atoms with Crippen LogP contribution in [0, 0.1) is 0 Å². The van der Waals surface area contributed by atoms with Crippen LogP contribution in [0.15, 0.2) is 53.8 Å². The van der Waals surface area contributed by atoms with Crippen molar-refractivity contribution in [1.29, 1.82) is 0 Å². The molecule has 0 saturated carbocycles. The number of hydrogen-bond acceptors (Lipinski definition) is 4. The molecule has 20 heavy (non-hydrogen) atoms. The summed E-state index contributed by atoms with van der Waals surface area (Å²) in [6.07, 6.45) is 3.63. The zero-order valence-corrected chi connectivity index (χ0v) is 10.8. The van der Waals surface area contributed by atoms with Crippen molar-refractivity contribution in [2.24, 2.45) is 0 Å². The maximum Gasteiger partial charge on any atom is 0.336 e. The quantitative estimate of drug-likeness (QED) is 0.849. The largest absolute Gasteiger partial charge is 0.423 e. The lowest BCUT2D eigenvalue weighted by Gasteiger charge is -2.29. The van der Waals surface area contributed by atoms with Gasteiger partial charge >= 0.3 is 5.97 Å². The van der Waals surface area contributed by atoms with E-state index >= 15 is 0 Å². The number of rotatable bonds is 3. The van der Waals surface area contributed by atoms with Crippen molar-refractivity contribution < 1.29 is 19.4 Å². The summed E-state index contributed by atoms with van der Waals surface area (Å²) >= 11 is 0. The van der Waals surface area contributed by atoms with E-state index in [-0.39, 0.29) is 12.2 Å². The Morgan fingerprint density at radius 2 is 1.90 bits per heavy atom. The summed E-state index contributed by atoms with van der Waals surface area (Å²) in [5, 5.41) is 10.5. The summed E-state index contributed by atoms with van der Waals surface area (Å²) in [7, 11) is 0. The van der Waals surface area contributed by atoms with Crippen LogP contribution in [0.5, 0.6) is 0 Å². The van der Waals surface area contributed by atoms with Gasteiger partial charge in [0.1, 0.15) is 11.4 Å². The smallest absolute Gasteiger partial charge is 0.336 e. The van der Waals surface area contributed by atoms with E-state index in [1.165, 1.54) is 12.2 Å². The second-order valence-corrected chi connectivity index (χ2v) is 5.16. The minimum atomic E-state index is -1.45. The highest BCUT2D eigenvalue weighted by Gasteiger charge is 2.42. The number of ketones is 1. The molecule has 0 bridgehead atoms. The Morgan fingerprint density at radius 3 is 2.65 bits per heavy atom. The fraction of sp³-hybridized carbons (Fsp3) is 0.250. The molecule has 2 aliphatic rings. The Labute approximate surface area is 116 Å². The van der Waals surface area contributed by atoms with Crippen molar-refractivity contribution >= 4 is 11.8 Å². The van der Waals surface area contributed by atoms with Gasteiger partial charge in [-0.05, 0) is 18.4 Å². The van der Waals surface area contributed by atoms with E-state index in [1.807, 2.05) is 30.3 Å². The van der Waals surface area contributed by atoms with Gasteiger partial charge < -0.3 is 9.84 Å². The first-order chi connectivity index (χ1) is 9.57. The van der Waals surface area contributed by atoms with Crippen LogP contribution in [0.3, 0.4) is 0 Å². The van der Waals surface area contributed by atoms with Crippen molar-refractivity contribution in [3.8, 4) is 0 Å². The molecule has 0 aromatic heterocycles. The van der Waals surface area contributed by atoms with Crippen LogP contribution >= 0.6 is 0 Å². The highest BCUT2D eigenvalue weighted by Crippen LogP contribution is 2.36. The molecule has 1 atom stereocenters. The van der Waals surface area contributed by atoms with Crippen LogP contribution < -0.4 is 0 Å². The van der Waals surface area contributed by atoms with Crippen LogP contribution in [0.2, 0.25) is 0 Å². The van der Waals surface area contributed by atoms with Gasteiger partial charge in [-0.25, -0.2) is 4.79 Å². The van der Waals surface area contributed by atoms with Crippen LogP contribution in [0.1, 0.15) is 18.4 Å². The molecule has 1 aromatic carbocycles. The minimum absolute atomic E-state index is 0.135. The third-order valence-electron chi connectivity index (χ3n) is 3.69. The van der Waals surface area contributed by atoms with E-state index in [2.05, 4.69) is 0 Å². The topological polar surface area (TPSA) is 63.6 Å². The fourth-order valence-corrected chi connectivity index (χ4v) is 2.54. The second-order valence-electron chi connectivity index (χ2n) is 5.16. The molecule has 102 valence electrons. The lowest BCUT2D eigenvalue weighted by Crippen LogP contribution is -2.41. The molecule has 0 fully saturated rings. The van der Waals surface area contributed by atoms with Gasteiger partial charge in [-0.3, -0.25) is 4.79 Å². The summed E-state index contributed by atoms with van der Waals surface area (Å²) in [6.45, 7) is 0.